The van der Waals surface area contributed by atoms with Gasteiger partial charge >= 0.3 is 0 Å². The topological polar surface area (TPSA) is 17.8 Å². The molecule has 12 heavy (non-hydrogen) atoms. The van der Waals surface area contributed by atoms with Gasteiger partial charge in [0.15, 0.2) is 0 Å². The summed E-state index contributed by atoms with van der Waals surface area (Å²) in [5.74, 6) is 0. The second-order valence-corrected chi connectivity index (χ2v) is 3.91. The molecule has 2 nitrogen and oxygen atoms in total. The molecule has 1 aliphatic carbocycles. The Morgan fingerprint density at radius 2 is 2.00 bits per heavy atom. The highest BCUT2D eigenvalue weighted by Crippen LogP contribution is 2.28. The molecule has 0 atom stereocenters. The van der Waals surface area contributed by atoms with Crippen LogP contribution in [0.4, 0.5) is 0 Å². The van der Waals surface area contributed by atoms with Gasteiger partial charge in [-0.15, -0.1) is 0 Å². The largest absolute Gasteiger partial charge is 0.269 e. The van der Waals surface area contributed by atoms with Crippen LogP contribution in [0.15, 0.2) is 0 Å². The Hall–Kier alpha value is -0.790. The first-order chi connectivity index (χ1) is 5.95. The van der Waals surface area contributed by atoms with Gasteiger partial charge in [0, 0.05) is 12.2 Å². The third kappa shape index (κ3) is 0.780. The van der Waals surface area contributed by atoms with Crippen molar-refractivity contribution in [1.29, 1.82) is 0 Å². The van der Waals surface area contributed by atoms with E-state index in [1.54, 1.807) is 11.3 Å². The number of fused-ring (bicyclic) bond motifs is 3. The molecule has 0 aromatic carbocycles. The van der Waals surface area contributed by atoms with Crippen LogP contribution in [0.1, 0.15) is 36.2 Å². The fraction of sp³-hybridized carbons (Fsp3) is 0.700. The molecule has 0 amide bonds. The van der Waals surface area contributed by atoms with Gasteiger partial charge in [-0.2, -0.15) is 5.10 Å². The Balaban J connectivity index is 2.14. The van der Waals surface area contributed by atoms with Gasteiger partial charge in [0.05, 0.1) is 5.69 Å². The van der Waals surface area contributed by atoms with Gasteiger partial charge in [-0.3, -0.25) is 4.68 Å². The Morgan fingerprint density at radius 3 is 3.00 bits per heavy atom. The fourth-order valence-corrected chi connectivity index (χ4v) is 2.53. The summed E-state index contributed by atoms with van der Waals surface area (Å²) in [6.07, 6.45) is 7.85. The molecule has 0 fully saturated rings. The molecule has 2 aliphatic rings. The van der Waals surface area contributed by atoms with Crippen LogP contribution in [-0.4, -0.2) is 9.78 Å². The van der Waals surface area contributed by atoms with E-state index in [0.29, 0.717) is 0 Å². The number of nitrogens with zero attached hydrogens (tertiary/aromatic N) is 2. The van der Waals surface area contributed by atoms with E-state index in [2.05, 4.69) is 9.78 Å². The Kier molecular flexibility index (Phi) is 1.31. The number of aryl methyl sites for hydroxylation is 2. The van der Waals surface area contributed by atoms with Crippen LogP contribution in [0.2, 0.25) is 0 Å². The van der Waals surface area contributed by atoms with E-state index in [4.69, 9.17) is 0 Å². The molecule has 0 spiro atoms. The number of hydrogen-bond acceptors (Lipinski definition) is 1. The monoisotopic (exact) mass is 162 g/mol. The predicted octanol–water partition coefficient (Wildman–Crippen LogP) is 1.71. The molecule has 2 heterocycles. The van der Waals surface area contributed by atoms with Gasteiger partial charge in [0.2, 0.25) is 0 Å². The molecule has 1 aromatic heterocycles. The van der Waals surface area contributed by atoms with Gasteiger partial charge in [0.25, 0.3) is 0 Å². The van der Waals surface area contributed by atoms with Crippen LogP contribution >= 0.6 is 0 Å². The maximum atomic E-state index is 4.65. The minimum atomic E-state index is 1.17. The Morgan fingerprint density at radius 1 is 1.00 bits per heavy atom. The molecular weight excluding hydrogens is 148 g/mol. The molecular formula is C10H14N2. The van der Waals surface area contributed by atoms with Crippen molar-refractivity contribution < 1.29 is 0 Å². The van der Waals surface area contributed by atoms with Crippen molar-refractivity contribution in [2.45, 2.75) is 45.1 Å². The Labute approximate surface area is 72.6 Å². The standard InChI is InChI=1S/C10H14N2/c1-2-7-12-10(6-1)8-4-3-5-9(8)11-12/h1-7H2. The van der Waals surface area contributed by atoms with Crippen molar-refractivity contribution >= 4 is 0 Å². The van der Waals surface area contributed by atoms with Crippen molar-refractivity contribution in [2.24, 2.45) is 0 Å². The number of aromatic nitrogens is 2. The second kappa shape index (κ2) is 2.35. The summed E-state index contributed by atoms with van der Waals surface area (Å²) < 4.78 is 2.26. The number of rotatable bonds is 0. The highest BCUT2D eigenvalue weighted by atomic mass is 15.3. The molecule has 0 saturated carbocycles. The van der Waals surface area contributed by atoms with E-state index in [-0.39, 0.29) is 0 Å². The van der Waals surface area contributed by atoms with Crippen LogP contribution in [0.5, 0.6) is 0 Å². The smallest absolute Gasteiger partial charge is 0.0659 e. The van der Waals surface area contributed by atoms with E-state index in [1.165, 1.54) is 50.8 Å². The molecule has 1 aromatic rings. The van der Waals surface area contributed by atoms with Crippen molar-refractivity contribution in [3.05, 3.63) is 17.0 Å². The third-order valence-electron chi connectivity index (χ3n) is 3.12. The minimum Gasteiger partial charge on any atom is -0.269 e. The van der Waals surface area contributed by atoms with Crippen LogP contribution in [-0.2, 0) is 25.8 Å². The predicted molar refractivity (Wildman–Crippen MR) is 47.2 cm³/mol. The highest BCUT2D eigenvalue weighted by Gasteiger charge is 2.22. The number of hydrogen-bond donors (Lipinski definition) is 0. The highest BCUT2D eigenvalue weighted by molar-refractivity contribution is 5.31. The van der Waals surface area contributed by atoms with E-state index >= 15 is 0 Å². The first-order valence-corrected chi connectivity index (χ1v) is 5.02. The van der Waals surface area contributed by atoms with Gasteiger partial charge in [-0.25, -0.2) is 0 Å². The normalized spacial score (nSPS) is 20.7. The van der Waals surface area contributed by atoms with Crippen LogP contribution in [0.25, 0.3) is 0 Å². The maximum Gasteiger partial charge on any atom is 0.0659 e. The molecule has 0 saturated heterocycles. The lowest BCUT2D eigenvalue weighted by Gasteiger charge is -2.14. The van der Waals surface area contributed by atoms with E-state index in [0.717, 1.165) is 0 Å². The Bertz CT molecular complexity index is 312. The van der Waals surface area contributed by atoms with Crippen LogP contribution < -0.4 is 0 Å². The average molecular weight is 162 g/mol. The maximum absolute atomic E-state index is 4.65. The van der Waals surface area contributed by atoms with Crippen LogP contribution in [0.3, 0.4) is 0 Å². The van der Waals surface area contributed by atoms with Gasteiger partial charge in [-0.1, -0.05) is 0 Å². The van der Waals surface area contributed by atoms with Crippen molar-refractivity contribution in [3.63, 3.8) is 0 Å². The lowest BCUT2D eigenvalue weighted by molar-refractivity contribution is 0.479. The van der Waals surface area contributed by atoms with Gasteiger partial charge in [-0.05, 0) is 44.1 Å². The quantitative estimate of drug-likeness (QED) is 0.568. The SMILES string of the molecule is C1Cc2nn3c(c2C1)CCCC3. The zero-order valence-electron chi connectivity index (χ0n) is 7.34. The zero-order valence-corrected chi connectivity index (χ0v) is 7.34. The van der Waals surface area contributed by atoms with Crippen molar-refractivity contribution in [3.8, 4) is 0 Å². The summed E-state index contributed by atoms with van der Waals surface area (Å²) in [7, 11) is 0. The summed E-state index contributed by atoms with van der Waals surface area (Å²) >= 11 is 0. The van der Waals surface area contributed by atoms with E-state index in [1.807, 2.05) is 0 Å². The molecule has 0 N–H and O–H groups in total. The zero-order chi connectivity index (χ0) is 7.97. The minimum absolute atomic E-state index is 1.17. The molecule has 1 aliphatic heterocycles. The summed E-state index contributed by atoms with van der Waals surface area (Å²) in [5, 5.41) is 4.65. The summed E-state index contributed by atoms with van der Waals surface area (Å²) in [4.78, 5) is 0. The molecule has 0 unspecified atom stereocenters. The lowest BCUT2D eigenvalue weighted by Crippen LogP contribution is -2.12. The molecule has 2 heteroatoms. The first kappa shape index (κ1) is 6.70. The van der Waals surface area contributed by atoms with E-state index in [9.17, 15) is 0 Å². The molecule has 3 rings (SSSR count). The first-order valence-electron chi connectivity index (χ1n) is 5.02. The molecule has 0 radical (unpaired) electrons. The van der Waals surface area contributed by atoms with Gasteiger partial charge < -0.3 is 0 Å². The van der Waals surface area contributed by atoms with Crippen molar-refractivity contribution in [2.75, 3.05) is 0 Å². The average Bonchev–Trinajstić information content (AvgIpc) is 2.62. The third-order valence-corrected chi connectivity index (χ3v) is 3.12. The van der Waals surface area contributed by atoms with Crippen molar-refractivity contribution in [1.82, 2.24) is 9.78 Å². The van der Waals surface area contributed by atoms with E-state index < -0.39 is 0 Å². The summed E-state index contributed by atoms with van der Waals surface area (Å²) in [5.41, 5.74) is 4.58. The molecule has 64 valence electrons. The lowest BCUT2D eigenvalue weighted by atomic mass is 10.1. The summed E-state index contributed by atoms with van der Waals surface area (Å²) in [6.45, 7) is 1.17. The fourth-order valence-electron chi connectivity index (χ4n) is 2.53. The summed E-state index contributed by atoms with van der Waals surface area (Å²) in [6, 6.07) is 0. The van der Waals surface area contributed by atoms with Crippen LogP contribution in [0, 0.1) is 0 Å². The molecule has 0 bridgehead atoms. The second-order valence-electron chi connectivity index (χ2n) is 3.91. The van der Waals surface area contributed by atoms with Gasteiger partial charge in [0.1, 0.15) is 0 Å².